The number of aliphatic hydroxyl groups excluding tert-OH is 3. The van der Waals surface area contributed by atoms with Gasteiger partial charge >= 0.3 is 0 Å². The van der Waals surface area contributed by atoms with Gasteiger partial charge in [-0.15, -0.1) is 0 Å². The molecule has 2 atom stereocenters. The van der Waals surface area contributed by atoms with Crippen molar-refractivity contribution in [2.75, 3.05) is 6.61 Å². The highest BCUT2D eigenvalue weighted by atomic mass is 35.5. The van der Waals surface area contributed by atoms with Crippen molar-refractivity contribution in [3.63, 3.8) is 0 Å². The topological polar surface area (TPSA) is 73.6 Å². The maximum absolute atomic E-state index is 9.55. The van der Waals surface area contributed by atoms with E-state index in [2.05, 4.69) is 4.98 Å². The Morgan fingerprint density at radius 1 is 1.50 bits per heavy atom. The van der Waals surface area contributed by atoms with E-state index in [9.17, 15) is 10.2 Å². The highest BCUT2D eigenvalue weighted by Gasteiger charge is 2.20. The molecule has 1 aromatic rings. The zero-order valence-corrected chi connectivity index (χ0v) is 8.44. The zero-order chi connectivity index (χ0) is 10.7. The van der Waals surface area contributed by atoms with Crippen molar-refractivity contribution in [3.8, 4) is 0 Å². The average Bonchev–Trinajstić information content (AvgIpc) is 2.15. The lowest BCUT2D eigenvalue weighted by Crippen LogP contribution is -2.23. The molecule has 0 aromatic carbocycles. The Bertz CT molecular complexity index is 319. The molecular weight excluding hydrogens is 206 g/mol. The number of pyridine rings is 1. The van der Waals surface area contributed by atoms with Gasteiger partial charge in [-0.2, -0.15) is 0 Å². The van der Waals surface area contributed by atoms with Gasteiger partial charge in [-0.1, -0.05) is 11.6 Å². The molecular formula is C9H12ClNO3. The van der Waals surface area contributed by atoms with E-state index in [0.717, 1.165) is 0 Å². The summed E-state index contributed by atoms with van der Waals surface area (Å²) >= 11 is 5.68. The monoisotopic (exact) mass is 217 g/mol. The second kappa shape index (κ2) is 4.70. The van der Waals surface area contributed by atoms with E-state index in [-0.39, 0.29) is 0 Å². The normalized spacial score (nSPS) is 15.2. The van der Waals surface area contributed by atoms with E-state index in [1.165, 1.54) is 6.20 Å². The predicted molar refractivity (Wildman–Crippen MR) is 52.0 cm³/mol. The summed E-state index contributed by atoms with van der Waals surface area (Å²) in [6.07, 6.45) is -1.02. The summed E-state index contributed by atoms with van der Waals surface area (Å²) in [7, 11) is 0. The minimum atomic E-state index is -1.22. The van der Waals surface area contributed by atoms with Crippen LogP contribution in [0.25, 0.3) is 0 Å². The molecule has 1 aromatic heterocycles. The van der Waals surface area contributed by atoms with Crippen molar-refractivity contribution in [1.29, 1.82) is 0 Å². The molecule has 1 heterocycles. The maximum Gasteiger partial charge on any atom is 0.124 e. The first-order valence-electron chi connectivity index (χ1n) is 4.15. The van der Waals surface area contributed by atoms with Gasteiger partial charge in [0, 0.05) is 6.20 Å². The third kappa shape index (κ3) is 2.42. The van der Waals surface area contributed by atoms with Crippen LogP contribution >= 0.6 is 11.6 Å². The molecule has 78 valence electrons. The van der Waals surface area contributed by atoms with E-state index < -0.39 is 18.8 Å². The second-order valence-corrected chi connectivity index (χ2v) is 3.49. The van der Waals surface area contributed by atoms with E-state index in [0.29, 0.717) is 16.3 Å². The molecule has 0 amide bonds. The van der Waals surface area contributed by atoms with Crippen LogP contribution in [0.3, 0.4) is 0 Å². The minimum Gasteiger partial charge on any atom is -0.394 e. The molecule has 0 aliphatic rings. The number of halogens is 1. The molecule has 0 saturated heterocycles. The van der Waals surface area contributed by atoms with Crippen LogP contribution in [0, 0.1) is 6.92 Å². The molecule has 5 heteroatoms. The lowest BCUT2D eigenvalue weighted by Gasteiger charge is -2.16. The molecule has 0 aliphatic carbocycles. The summed E-state index contributed by atoms with van der Waals surface area (Å²) in [6.45, 7) is 1.21. The summed E-state index contributed by atoms with van der Waals surface area (Å²) in [5, 5.41) is 27.9. The Morgan fingerprint density at radius 2 is 2.14 bits per heavy atom. The zero-order valence-electron chi connectivity index (χ0n) is 7.68. The molecule has 0 spiro atoms. The fourth-order valence-electron chi connectivity index (χ4n) is 1.14. The van der Waals surface area contributed by atoms with Crippen LogP contribution in [0.5, 0.6) is 0 Å². The lowest BCUT2D eigenvalue weighted by molar-refractivity contribution is -0.0175. The Balaban J connectivity index is 2.95. The fraction of sp³-hybridized carbons (Fsp3) is 0.444. The number of rotatable bonds is 3. The van der Waals surface area contributed by atoms with Gasteiger partial charge in [-0.25, -0.2) is 0 Å². The summed E-state index contributed by atoms with van der Waals surface area (Å²) in [5.41, 5.74) is 1.01. The SMILES string of the molecule is Cc1cc(Cl)cnc1C(O)C(O)CO. The van der Waals surface area contributed by atoms with Crippen molar-refractivity contribution in [1.82, 2.24) is 4.98 Å². The molecule has 14 heavy (non-hydrogen) atoms. The summed E-state index contributed by atoms with van der Waals surface area (Å²) in [6, 6.07) is 1.64. The summed E-state index contributed by atoms with van der Waals surface area (Å²) in [5.74, 6) is 0. The molecule has 3 N–H and O–H groups in total. The Morgan fingerprint density at radius 3 is 2.64 bits per heavy atom. The quantitative estimate of drug-likeness (QED) is 0.687. The van der Waals surface area contributed by atoms with Crippen molar-refractivity contribution >= 4 is 11.6 Å². The summed E-state index contributed by atoms with van der Waals surface area (Å²) in [4.78, 5) is 3.89. The highest BCUT2D eigenvalue weighted by Crippen LogP contribution is 2.20. The number of hydrogen-bond donors (Lipinski definition) is 3. The van der Waals surface area contributed by atoms with Gasteiger partial charge in [0.2, 0.25) is 0 Å². The van der Waals surface area contributed by atoms with Crippen molar-refractivity contribution in [2.24, 2.45) is 0 Å². The van der Waals surface area contributed by atoms with Crippen LogP contribution in [0.15, 0.2) is 12.3 Å². The molecule has 2 unspecified atom stereocenters. The molecule has 4 nitrogen and oxygen atoms in total. The van der Waals surface area contributed by atoms with Gasteiger partial charge in [-0.3, -0.25) is 4.98 Å². The van der Waals surface area contributed by atoms with Gasteiger partial charge in [0.15, 0.2) is 0 Å². The van der Waals surface area contributed by atoms with Crippen LogP contribution in [0.1, 0.15) is 17.4 Å². The first-order chi connectivity index (χ1) is 6.56. The van der Waals surface area contributed by atoms with E-state index in [4.69, 9.17) is 16.7 Å². The third-order valence-electron chi connectivity index (χ3n) is 1.92. The summed E-state index contributed by atoms with van der Waals surface area (Å²) < 4.78 is 0. The number of aliphatic hydroxyl groups is 3. The maximum atomic E-state index is 9.55. The number of aryl methyl sites for hydroxylation is 1. The molecule has 0 aliphatic heterocycles. The smallest absolute Gasteiger partial charge is 0.124 e. The van der Waals surface area contributed by atoms with E-state index in [1.807, 2.05) is 0 Å². The van der Waals surface area contributed by atoms with Gasteiger partial charge in [0.1, 0.15) is 12.2 Å². The lowest BCUT2D eigenvalue weighted by atomic mass is 10.1. The van der Waals surface area contributed by atoms with Crippen LogP contribution in [0.2, 0.25) is 5.02 Å². The van der Waals surface area contributed by atoms with Crippen LogP contribution < -0.4 is 0 Å². The first kappa shape index (κ1) is 11.4. The van der Waals surface area contributed by atoms with Crippen LogP contribution in [-0.2, 0) is 0 Å². The highest BCUT2D eigenvalue weighted by molar-refractivity contribution is 6.30. The molecule has 0 fully saturated rings. The Labute approximate surface area is 86.8 Å². The van der Waals surface area contributed by atoms with Crippen molar-refractivity contribution < 1.29 is 15.3 Å². The van der Waals surface area contributed by atoms with Gasteiger partial charge < -0.3 is 15.3 Å². The third-order valence-corrected chi connectivity index (χ3v) is 2.12. The predicted octanol–water partition coefficient (Wildman–Crippen LogP) is 0.430. The van der Waals surface area contributed by atoms with Crippen molar-refractivity contribution in [3.05, 3.63) is 28.5 Å². The van der Waals surface area contributed by atoms with Crippen LogP contribution in [0.4, 0.5) is 0 Å². The second-order valence-electron chi connectivity index (χ2n) is 3.05. The molecule has 1 rings (SSSR count). The fourth-order valence-corrected chi connectivity index (χ4v) is 1.36. The minimum absolute atomic E-state index is 0.330. The van der Waals surface area contributed by atoms with Gasteiger partial charge in [0.25, 0.3) is 0 Å². The standard InChI is InChI=1S/C9H12ClNO3/c1-5-2-6(10)3-11-8(5)9(14)7(13)4-12/h2-3,7,9,12-14H,4H2,1H3. The van der Waals surface area contributed by atoms with Gasteiger partial charge in [0.05, 0.1) is 17.3 Å². The average molecular weight is 218 g/mol. The largest absolute Gasteiger partial charge is 0.394 e. The molecule has 0 bridgehead atoms. The molecule has 0 radical (unpaired) electrons. The van der Waals surface area contributed by atoms with E-state index in [1.54, 1.807) is 13.0 Å². The number of nitrogens with zero attached hydrogens (tertiary/aromatic N) is 1. The first-order valence-corrected chi connectivity index (χ1v) is 4.53. The van der Waals surface area contributed by atoms with E-state index >= 15 is 0 Å². The molecule has 0 saturated carbocycles. The Hall–Kier alpha value is -0.680. The number of aromatic nitrogens is 1. The Kier molecular flexibility index (Phi) is 3.83. The van der Waals surface area contributed by atoms with Crippen molar-refractivity contribution in [2.45, 2.75) is 19.1 Å². The van der Waals surface area contributed by atoms with Crippen LogP contribution in [-0.4, -0.2) is 33.0 Å². The van der Waals surface area contributed by atoms with Gasteiger partial charge in [-0.05, 0) is 18.6 Å². The number of hydrogen-bond acceptors (Lipinski definition) is 4.